The zero-order valence-electron chi connectivity index (χ0n) is 16.0. The minimum Gasteiger partial charge on any atom is -0.493 e. The number of hydrogen-bond donors (Lipinski definition) is 0. The molecule has 0 saturated heterocycles. The summed E-state index contributed by atoms with van der Waals surface area (Å²) < 4.78 is 48.8. The van der Waals surface area contributed by atoms with Crippen LogP contribution in [-0.4, -0.2) is 43.2 Å². The molecule has 30 heavy (non-hydrogen) atoms. The molecular weight excluding hydrogens is 479 g/mol. The van der Waals surface area contributed by atoms with Gasteiger partial charge in [0.2, 0.25) is 0 Å². The maximum absolute atomic E-state index is 13.6. The Morgan fingerprint density at radius 1 is 1.37 bits per heavy atom. The van der Waals surface area contributed by atoms with E-state index in [1.54, 1.807) is 29.0 Å². The molecule has 1 aromatic carbocycles. The third kappa shape index (κ3) is 4.40. The van der Waals surface area contributed by atoms with Crippen LogP contribution in [0.25, 0.3) is 11.0 Å². The number of nitrogens with zero attached hydrogens (tertiary/aromatic N) is 2. The predicted octanol–water partition coefficient (Wildman–Crippen LogP) is 3.35. The van der Waals surface area contributed by atoms with Crippen molar-refractivity contribution in [3.8, 4) is 5.75 Å². The third-order valence-corrected chi connectivity index (χ3v) is 5.92. The molecule has 1 atom stereocenters. The van der Waals surface area contributed by atoms with Gasteiger partial charge in [0.25, 0.3) is 10.1 Å². The lowest BCUT2D eigenvalue weighted by Gasteiger charge is -2.24. The number of ether oxygens (including phenoxy) is 1. The van der Waals surface area contributed by atoms with Crippen molar-refractivity contribution < 1.29 is 26.5 Å². The summed E-state index contributed by atoms with van der Waals surface area (Å²) in [5.74, 6) is -0.385. The van der Waals surface area contributed by atoms with Crippen LogP contribution in [-0.2, 0) is 27.3 Å². The number of rotatable bonds is 6. The smallest absolute Gasteiger partial charge is 0.264 e. The second-order valence-corrected chi connectivity index (χ2v) is 9.55. The van der Waals surface area contributed by atoms with Crippen molar-refractivity contribution in [1.82, 2.24) is 9.55 Å². The van der Waals surface area contributed by atoms with E-state index in [1.807, 2.05) is 0 Å². The summed E-state index contributed by atoms with van der Waals surface area (Å²) in [5, 5.41) is 0.646. The molecule has 0 bridgehead atoms. The van der Waals surface area contributed by atoms with Gasteiger partial charge in [0.15, 0.2) is 5.78 Å². The third-order valence-electron chi connectivity index (χ3n) is 4.88. The van der Waals surface area contributed by atoms with Crippen molar-refractivity contribution in [2.75, 3.05) is 19.5 Å². The molecule has 158 valence electrons. The van der Waals surface area contributed by atoms with E-state index in [1.165, 1.54) is 12.1 Å². The highest BCUT2D eigenvalue weighted by Gasteiger charge is 2.29. The van der Waals surface area contributed by atoms with Gasteiger partial charge in [-0.15, -0.1) is 0 Å². The van der Waals surface area contributed by atoms with Crippen LogP contribution in [0.1, 0.15) is 15.9 Å². The van der Waals surface area contributed by atoms with Crippen molar-refractivity contribution in [2.24, 2.45) is 5.92 Å². The Morgan fingerprint density at radius 3 is 2.93 bits per heavy atom. The summed E-state index contributed by atoms with van der Waals surface area (Å²) in [4.78, 5) is 17.7. The quantitative estimate of drug-likeness (QED) is 0.295. The molecule has 7 nitrogen and oxygen atoms in total. The minimum atomic E-state index is -3.57. The number of fused-ring (bicyclic) bond motifs is 2. The molecule has 0 fully saturated rings. The molecule has 0 amide bonds. The number of aromatic nitrogens is 2. The summed E-state index contributed by atoms with van der Waals surface area (Å²) >= 11 is 3.32. The largest absolute Gasteiger partial charge is 0.493 e. The molecule has 3 heterocycles. The van der Waals surface area contributed by atoms with Crippen molar-refractivity contribution in [1.29, 1.82) is 0 Å². The van der Waals surface area contributed by atoms with Gasteiger partial charge in [-0.1, -0.05) is 0 Å². The van der Waals surface area contributed by atoms with E-state index < -0.39 is 16.0 Å². The van der Waals surface area contributed by atoms with Crippen molar-refractivity contribution >= 4 is 42.9 Å². The highest BCUT2D eigenvalue weighted by Crippen LogP contribution is 2.31. The molecule has 3 aromatic rings. The van der Waals surface area contributed by atoms with Crippen LogP contribution in [0.4, 0.5) is 4.39 Å². The van der Waals surface area contributed by atoms with Gasteiger partial charge < -0.3 is 9.30 Å². The minimum absolute atomic E-state index is 0.0797. The van der Waals surface area contributed by atoms with E-state index in [0.717, 1.165) is 6.26 Å². The first kappa shape index (κ1) is 21.0. The number of ketones is 1. The predicted molar refractivity (Wildman–Crippen MR) is 112 cm³/mol. The molecular formula is C20H18BrFN2O5S. The highest BCUT2D eigenvalue weighted by molar-refractivity contribution is 9.10. The second-order valence-electron chi connectivity index (χ2n) is 7.10. The topological polar surface area (TPSA) is 87.5 Å². The Balaban J connectivity index is 1.64. The summed E-state index contributed by atoms with van der Waals surface area (Å²) in [6.07, 6.45) is 3.01. The van der Waals surface area contributed by atoms with Gasteiger partial charge in [0.1, 0.15) is 21.8 Å². The monoisotopic (exact) mass is 496 g/mol. The molecule has 0 aliphatic carbocycles. The Bertz CT molecular complexity index is 1240. The molecule has 4 rings (SSSR count). The van der Waals surface area contributed by atoms with Gasteiger partial charge >= 0.3 is 0 Å². The van der Waals surface area contributed by atoms with E-state index in [0.29, 0.717) is 38.9 Å². The first-order chi connectivity index (χ1) is 14.2. The van der Waals surface area contributed by atoms with Crippen LogP contribution in [0.2, 0.25) is 0 Å². The maximum atomic E-state index is 13.6. The summed E-state index contributed by atoms with van der Waals surface area (Å²) in [5.41, 5.74) is 1.65. The molecule has 0 saturated carbocycles. The Hall–Kier alpha value is -2.30. The zero-order valence-corrected chi connectivity index (χ0v) is 18.4. The van der Waals surface area contributed by atoms with Gasteiger partial charge in [0.05, 0.1) is 25.4 Å². The lowest BCUT2D eigenvalue weighted by molar-refractivity contribution is 0.0856. The first-order valence-electron chi connectivity index (χ1n) is 9.16. The number of benzene rings is 1. The Morgan fingerprint density at radius 2 is 2.17 bits per heavy atom. The average Bonchev–Trinajstić information content (AvgIpc) is 3.03. The van der Waals surface area contributed by atoms with Gasteiger partial charge in [-0.3, -0.25) is 8.98 Å². The highest BCUT2D eigenvalue weighted by atomic mass is 79.9. The molecule has 1 unspecified atom stereocenters. The van der Waals surface area contributed by atoms with E-state index in [9.17, 15) is 17.6 Å². The molecule has 0 N–H and O–H groups in total. The molecule has 10 heteroatoms. The molecule has 2 aromatic heterocycles. The number of halogens is 2. The SMILES string of the molecule is CS(=O)(=O)OCCn1cc(C(=O)C2COc3ccc(F)cc3C2)c2ccc(Br)nc21. The van der Waals surface area contributed by atoms with E-state index in [2.05, 4.69) is 20.9 Å². The fourth-order valence-corrected chi connectivity index (χ4v) is 4.22. The normalized spacial score (nSPS) is 16.3. The Kier molecular flexibility index (Phi) is 5.65. The van der Waals surface area contributed by atoms with Gasteiger partial charge in [-0.25, -0.2) is 9.37 Å². The fourth-order valence-electron chi connectivity index (χ4n) is 3.55. The zero-order chi connectivity index (χ0) is 21.5. The van der Waals surface area contributed by atoms with Crippen molar-refractivity contribution in [3.05, 3.63) is 58.1 Å². The van der Waals surface area contributed by atoms with E-state index >= 15 is 0 Å². The number of Topliss-reactive ketones (excluding diaryl/α,β-unsaturated/α-hetero) is 1. The van der Waals surface area contributed by atoms with Crippen LogP contribution in [0.5, 0.6) is 5.75 Å². The van der Waals surface area contributed by atoms with Crippen molar-refractivity contribution in [2.45, 2.75) is 13.0 Å². The van der Waals surface area contributed by atoms with E-state index in [4.69, 9.17) is 8.92 Å². The van der Waals surface area contributed by atoms with Gasteiger partial charge in [0, 0.05) is 23.7 Å². The molecule has 0 radical (unpaired) electrons. The number of hydrogen-bond acceptors (Lipinski definition) is 6. The number of carbonyl (C=O) groups excluding carboxylic acids is 1. The van der Waals surface area contributed by atoms with Crippen molar-refractivity contribution in [3.63, 3.8) is 0 Å². The maximum Gasteiger partial charge on any atom is 0.264 e. The van der Waals surface area contributed by atoms with Crippen LogP contribution in [0.3, 0.4) is 0 Å². The lowest BCUT2D eigenvalue weighted by Crippen LogP contribution is -2.28. The summed E-state index contributed by atoms with van der Waals surface area (Å²) in [7, 11) is -3.57. The van der Waals surface area contributed by atoms with Crippen LogP contribution < -0.4 is 4.74 Å². The fraction of sp³-hybridized carbons (Fsp3) is 0.300. The van der Waals surface area contributed by atoms with Crippen LogP contribution in [0.15, 0.2) is 41.1 Å². The number of carbonyl (C=O) groups is 1. The van der Waals surface area contributed by atoms with Gasteiger partial charge in [-0.05, 0) is 58.2 Å². The summed E-state index contributed by atoms with van der Waals surface area (Å²) in [6, 6.07) is 7.81. The van der Waals surface area contributed by atoms with E-state index in [-0.39, 0.29) is 31.4 Å². The molecule has 1 aliphatic heterocycles. The van der Waals surface area contributed by atoms with Gasteiger partial charge in [-0.2, -0.15) is 8.42 Å². The number of pyridine rings is 1. The first-order valence-corrected chi connectivity index (χ1v) is 11.8. The van der Waals surface area contributed by atoms with Crippen LogP contribution >= 0.6 is 15.9 Å². The average molecular weight is 497 g/mol. The lowest BCUT2D eigenvalue weighted by atomic mass is 9.90. The Labute approximate surface area is 181 Å². The van der Waals surface area contributed by atoms with Crippen LogP contribution in [0, 0.1) is 11.7 Å². The molecule has 0 spiro atoms. The standard InChI is InChI=1S/C20H18BrFN2O5S/c1-30(26,27)29-7-6-24-10-16(15-3-5-18(21)23-20(15)24)19(25)13-8-12-9-14(22)2-4-17(12)28-11-13/h2-5,9-10,13H,6-8,11H2,1H3. The summed E-state index contributed by atoms with van der Waals surface area (Å²) in [6.45, 7) is 0.324. The molecule has 1 aliphatic rings. The second kappa shape index (κ2) is 8.09.